The maximum absolute atomic E-state index is 12.4. The summed E-state index contributed by atoms with van der Waals surface area (Å²) in [6.07, 6.45) is 3.67. The summed E-state index contributed by atoms with van der Waals surface area (Å²) >= 11 is 3.45. The van der Waals surface area contributed by atoms with E-state index in [-0.39, 0.29) is 17.6 Å². The van der Waals surface area contributed by atoms with Gasteiger partial charge in [-0.05, 0) is 68.7 Å². The molecule has 1 N–H and O–H groups in total. The summed E-state index contributed by atoms with van der Waals surface area (Å²) in [7, 11) is 0. The van der Waals surface area contributed by atoms with E-state index in [9.17, 15) is 10.1 Å². The molecule has 1 atom stereocenters. The van der Waals surface area contributed by atoms with Gasteiger partial charge in [0.05, 0.1) is 6.10 Å². The molecular weight excluding hydrogens is 406 g/mol. The van der Waals surface area contributed by atoms with E-state index in [2.05, 4.69) is 25.8 Å². The van der Waals surface area contributed by atoms with Gasteiger partial charge in [-0.1, -0.05) is 15.9 Å². The van der Waals surface area contributed by atoms with Crippen LogP contribution in [0.5, 0.6) is 0 Å². The highest BCUT2D eigenvalue weighted by molar-refractivity contribution is 9.10. The molecule has 3 rings (SSSR count). The Hall–Kier alpha value is -2.36. The lowest BCUT2D eigenvalue weighted by atomic mass is 10.1. The lowest BCUT2D eigenvalue weighted by Crippen LogP contribution is -2.32. The molecule has 1 saturated heterocycles. The number of amides is 1. The molecular formula is C21H22BrN3O2. The Morgan fingerprint density at radius 2 is 2.15 bits per heavy atom. The molecule has 5 nitrogen and oxygen atoms in total. The Labute approximate surface area is 167 Å². The number of nitrogens with one attached hydrogen (secondary N) is 1. The van der Waals surface area contributed by atoms with E-state index >= 15 is 0 Å². The average molecular weight is 428 g/mol. The maximum atomic E-state index is 12.4. The number of carbonyl (C=O) groups is 1. The minimum absolute atomic E-state index is 0.0522. The topological polar surface area (TPSA) is 67.1 Å². The number of benzene rings is 1. The van der Waals surface area contributed by atoms with E-state index in [1.807, 2.05) is 50.2 Å². The number of aryl methyl sites for hydroxylation is 1. The number of nitriles is 1. The Bertz CT molecular complexity index is 901. The molecule has 0 radical (unpaired) electrons. The Morgan fingerprint density at radius 3 is 2.78 bits per heavy atom. The van der Waals surface area contributed by atoms with Crippen LogP contribution in [0.4, 0.5) is 0 Å². The first-order valence-corrected chi connectivity index (χ1v) is 9.75. The number of carbonyl (C=O) groups excluding carboxylic acids is 1. The smallest absolute Gasteiger partial charge is 0.262 e. The Morgan fingerprint density at radius 1 is 1.41 bits per heavy atom. The number of ether oxygens (including phenoxy) is 1. The molecule has 1 amide bonds. The van der Waals surface area contributed by atoms with Crippen molar-refractivity contribution in [3.05, 3.63) is 57.3 Å². The number of rotatable bonds is 5. The van der Waals surface area contributed by atoms with E-state index in [4.69, 9.17) is 4.74 Å². The van der Waals surface area contributed by atoms with Crippen LogP contribution in [-0.2, 0) is 9.53 Å². The summed E-state index contributed by atoms with van der Waals surface area (Å²) < 4.78 is 8.63. The third-order valence-corrected chi connectivity index (χ3v) is 5.26. The molecule has 0 saturated carbocycles. The summed E-state index contributed by atoms with van der Waals surface area (Å²) in [5.41, 5.74) is 4.02. The van der Waals surface area contributed by atoms with Gasteiger partial charge in [-0.3, -0.25) is 4.79 Å². The van der Waals surface area contributed by atoms with Gasteiger partial charge in [0.1, 0.15) is 11.6 Å². The minimum atomic E-state index is -0.360. The van der Waals surface area contributed by atoms with Gasteiger partial charge in [-0.15, -0.1) is 0 Å². The number of nitrogens with zero attached hydrogens (tertiary/aromatic N) is 2. The van der Waals surface area contributed by atoms with Crippen molar-refractivity contribution in [3.63, 3.8) is 0 Å². The number of halogens is 1. The fourth-order valence-electron chi connectivity index (χ4n) is 3.33. The normalized spacial score (nSPS) is 17.0. The van der Waals surface area contributed by atoms with Crippen molar-refractivity contribution in [1.82, 2.24) is 9.88 Å². The van der Waals surface area contributed by atoms with Crippen molar-refractivity contribution >= 4 is 27.9 Å². The monoisotopic (exact) mass is 427 g/mol. The molecule has 1 fully saturated rings. The van der Waals surface area contributed by atoms with Crippen molar-refractivity contribution < 1.29 is 9.53 Å². The van der Waals surface area contributed by atoms with E-state index in [0.717, 1.165) is 46.6 Å². The molecule has 6 heteroatoms. The maximum Gasteiger partial charge on any atom is 0.262 e. The number of hydrogen-bond acceptors (Lipinski definition) is 3. The van der Waals surface area contributed by atoms with Crippen LogP contribution in [0.1, 0.15) is 29.8 Å². The molecule has 27 heavy (non-hydrogen) atoms. The fourth-order valence-corrected chi connectivity index (χ4v) is 3.60. The van der Waals surface area contributed by atoms with Gasteiger partial charge in [-0.2, -0.15) is 5.26 Å². The van der Waals surface area contributed by atoms with Crippen molar-refractivity contribution in [1.29, 1.82) is 5.26 Å². The van der Waals surface area contributed by atoms with E-state index in [1.54, 1.807) is 6.08 Å². The lowest BCUT2D eigenvalue weighted by Gasteiger charge is -2.10. The van der Waals surface area contributed by atoms with Gasteiger partial charge in [0, 0.05) is 34.7 Å². The molecule has 1 aromatic carbocycles. The third-order valence-electron chi connectivity index (χ3n) is 4.73. The second kappa shape index (κ2) is 8.55. The van der Waals surface area contributed by atoms with Crippen LogP contribution in [0.2, 0.25) is 0 Å². The Balaban J connectivity index is 1.82. The minimum Gasteiger partial charge on any atom is -0.376 e. The molecule has 2 aromatic rings. The molecule has 1 aliphatic heterocycles. The predicted molar refractivity (Wildman–Crippen MR) is 109 cm³/mol. The summed E-state index contributed by atoms with van der Waals surface area (Å²) in [4.78, 5) is 12.4. The summed E-state index contributed by atoms with van der Waals surface area (Å²) in [5.74, 6) is -0.360. The van der Waals surface area contributed by atoms with Gasteiger partial charge in [-0.25, -0.2) is 0 Å². The van der Waals surface area contributed by atoms with Crippen molar-refractivity contribution in [2.45, 2.75) is 32.8 Å². The molecule has 140 valence electrons. The number of aromatic nitrogens is 1. The molecule has 1 aliphatic rings. The van der Waals surface area contributed by atoms with Gasteiger partial charge < -0.3 is 14.6 Å². The van der Waals surface area contributed by atoms with Crippen LogP contribution in [-0.4, -0.2) is 29.7 Å². The van der Waals surface area contributed by atoms with Crippen LogP contribution in [0, 0.1) is 25.2 Å². The molecule has 0 aliphatic carbocycles. The average Bonchev–Trinajstić information content (AvgIpc) is 3.27. The van der Waals surface area contributed by atoms with Gasteiger partial charge >= 0.3 is 0 Å². The highest BCUT2D eigenvalue weighted by Gasteiger charge is 2.18. The quantitative estimate of drug-likeness (QED) is 0.577. The van der Waals surface area contributed by atoms with E-state index < -0.39 is 0 Å². The predicted octanol–water partition coefficient (Wildman–Crippen LogP) is 4.06. The zero-order valence-corrected chi connectivity index (χ0v) is 17.0. The van der Waals surface area contributed by atoms with Gasteiger partial charge in [0.2, 0.25) is 0 Å². The zero-order valence-electron chi connectivity index (χ0n) is 15.5. The molecule has 2 heterocycles. The highest BCUT2D eigenvalue weighted by Crippen LogP contribution is 2.24. The van der Waals surface area contributed by atoms with Crippen LogP contribution in [0.15, 0.2) is 40.4 Å². The van der Waals surface area contributed by atoms with E-state index in [0.29, 0.717) is 6.54 Å². The summed E-state index contributed by atoms with van der Waals surface area (Å²) in [6.45, 7) is 5.18. The molecule has 1 aromatic heterocycles. The van der Waals surface area contributed by atoms with Crippen LogP contribution in [0.3, 0.4) is 0 Å². The van der Waals surface area contributed by atoms with Crippen LogP contribution >= 0.6 is 15.9 Å². The Kier molecular flexibility index (Phi) is 6.15. The van der Waals surface area contributed by atoms with Gasteiger partial charge in [0.15, 0.2) is 0 Å². The molecule has 1 unspecified atom stereocenters. The standard InChI is InChI=1S/C21H22BrN3O2/c1-14-10-16(15(2)25(14)19-7-5-18(22)6-8-19)11-17(12-23)21(26)24-13-20-4-3-9-27-20/h5-8,10-11,20H,3-4,9,13H2,1-2H3,(H,24,26). The molecule has 0 spiro atoms. The first-order valence-electron chi connectivity index (χ1n) is 8.96. The highest BCUT2D eigenvalue weighted by atomic mass is 79.9. The lowest BCUT2D eigenvalue weighted by molar-refractivity contribution is -0.117. The SMILES string of the molecule is Cc1cc(C=C(C#N)C(=O)NCC2CCCO2)c(C)n1-c1ccc(Br)cc1. The van der Waals surface area contributed by atoms with Crippen LogP contribution < -0.4 is 5.32 Å². The van der Waals surface area contributed by atoms with E-state index in [1.165, 1.54) is 0 Å². The van der Waals surface area contributed by atoms with Crippen molar-refractivity contribution in [3.8, 4) is 11.8 Å². The first-order chi connectivity index (χ1) is 13.0. The van der Waals surface area contributed by atoms with Crippen molar-refractivity contribution in [2.75, 3.05) is 13.2 Å². The second-order valence-electron chi connectivity index (χ2n) is 6.65. The largest absolute Gasteiger partial charge is 0.376 e. The molecule has 0 bridgehead atoms. The van der Waals surface area contributed by atoms with Crippen molar-refractivity contribution in [2.24, 2.45) is 0 Å². The third kappa shape index (κ3) is 4.49. The fraction of sp³-hybridized carbons (Fsp3) is 0.333. The summed E-state index contributed by atoms with van der Waals surface area (Å²) in [5, 5.41) is 12.2. The van der Waals surface area contributed by atoms with Crippen LogP contribution in [0.25, 0.3) is 11.8 Å². The number of hydrogen-bond donors (Lipinski definition) is 1. The van der Waals surface area contributed by atoms with Gasteiger partial charge in [0.25, 0.3) is 5.91 Å². The first kappa shape index (κ1) is 19.4. The zero-order chi connectivity index (χ0) is 19.4. The second-order valence-corrected chi connectivity index (χ2v) is 7.57. The summed E-state index contributed by atoms with van der Waals surface area (Å²) in [6, 6.07) is 12.0.